The molecule has 0 N–H and O–H groups in total. The largest absolute Gasteiger partial charge is 0.336 e. The first kappa shape index (κ1) is 14.3. The number of amides is 1. The van der Waals surface area contributed by atoms with Crippen molar-refractivity contribution in [1.29, 1.82) is 0 Å². The molecule has 1 aliphatic rings. The number of hydrogen-bond donors (Lipinski definition) is 0. The van der Waals surface area contributed by atoms with Crippen LogP contribution in [0.3, 0.4) is 0 Å². The van der Waals surface area contributed by atoms with Gasteiger partial charge in [0.2, 0.25) is 0 Å². The van der Waals surface area contributed by atoms with Gasteiger partial charge in [-0.3, -0.25) is 4.79 Å². The number of halogens is 1. The van der Waals surface area contributed by atoms with Crippen molar-refractivity contribution >= 4 is 27.3 Å². The summed E-state index contributed by atoms with van der Waals surface area (Å²) in [6.45, 7) is 2.48. The SMILES string of the molecule is CC1CN(C(=O)c2ccc(Cl)cn2)CCS(=O)(=O)C1. The fourth-order valence-electron chi connectivity index (χ4n) is 2.14. The Morgan fingerprint density at radius 3 is 2.84 bits per heavy atom. The van der Waals surface area contributed by atoms with Crippen LogP contribution >= 0.6 is 11.6 Å². The van der Waals surface area contributed by atoms with Crippen LogP contribution in [0.2, 0.25) is 5.02 Å². The first-order valence-corrected chi connectivity index (χ1v) is 8.18. The maximum atomic E-state index is 12.2. The molecule has 0 saturated carbocycles. The predicted octanol–water partition coefficient (Wildman–Crippen LogP) is 1.24. The lowest BCUT2D eigenvalue weighted by molar-refractivity contribution is 0.0745. The molecule has 1 fully saturated rings. The van der Waals surface area contributed by atoms with Gasteiger partial charge in [-0.1, -0.05) is 18.5 Å². The van der Waals surface area contributed by atoms with Crippen LogP contribution < -0.4 is 0 Å². The molecule has 1 atom stereocenters. The van der Waals surface area contributed by atoms with Gasteiger partial charge in [-0.15, -0.1) is 0 Å². The third-order valence-corrected chi connectivity index (χ3v) is 5.08. The molecule has 19 heavy (non-hydrogen) atoms. The minimum absolute atomic E-state index is 0.0106. The van der Waals surface area contributed by atoms with Gasteiger partial charge in [-0.2, -0.15) is 0 Å². The Hall–Kier alpha value is -1.14. The number of rotatable bonds is 1. The minimum Gasteiger partial charge on any atom is -0.336 e. The van der Waals surface area contributed by atoms with E-state index in [1.165, 1.54) is 6.20 Å². The average Bonchev–Trinajstić information content (AvgIpc) is 2.47. The number of carbonyl (C=O) groups is 1. The van der Waals surface area contributed by atoms with Crippen LogP contribution in [0.25, 0.3) is 0 Å². The normalized spacial score (nSPS) is 22.8. The van der Waals surface area contributed by atoms with E-state index < -0.39 is 9.84 Å². The number of hydrogen-bond acceptors (Lipinski definition) is 4. The van der Waals surface area contributed by atoms with E-state index in [2.05, 4.69) is 4.98 Å². The highest BCUT2D eigenvalue weighted by atomic mass is 35.5. The first-order valence-electron chi connectivity index (χ1n) is 5.98. The predicted molar refractivity (Wildman–Crippen MR) is 73.0 cm³/mol. The van der Waals surface area contributed by atoms with Gasteiger partial charge in [0.15, 0.2) is 9.84 Å². The summed E-state index contributed by atoms with van der Waals surface area (Å²) in [7, 11) is -3.06. The molecule has 0 aliphatic carbocycles. The fourth-order valence-corrected chi connectivity index (χ4v) is 3.88. The van der Waals surface area contributed by atoms with Crippen molar-refractivity contribution < 1.29 is 13.2 Å². The lowest BCUT2D eigenvalue weighted by atomic mass is 10.2. The second-order valence-corrected chi connectivity index (χ2v) is 7.50. The van der Waals surface area contributed by atoms with Crippen molar-refractivity contribution in [3.63, 3.8) is 0 Å². The average molecular weight is 303 g/mol. The monoisotopic (exact) mass is 302 g/mol. The zero-order valence-electron chi connectivity index (χ0n) is 10.5. The van der Waals surface area contributed by atoms with Crippen LogP contribution in [0.4, 0.5) is 0 Å². The summed E-state index contributed by atoms with van der Waals surface area (Å²) in [6, 6.07) is 3.15. The molecule has 1 unspecified atom stereocenters. The first-order chi connectivity index (χ1) is 8.87. The second kappa shape index (κ2) is 5.46. The Morgan fingerprint density at radius 1 is 1.47 bits per heavy atom. The molecule has 1 aromatic rings. The Kier molecular flexibility index (Phi) is 4.10. The van der Waals surface area contributed by atoms with E-state index in [1.54, 1.807) is 17.0 Å². The summed E-state index contributed by atoms with van der Waals surface area (Å²) in [5.74, 6) is -0.175. The summed E-state index contributed by atoms with van der Waals surface area (Å²) in [6.07, 6.45) is 1.41. The number of aromatic nitrogens is 1. The standard InChI is InChI=1S/C12H15ClN2O3S/c1-9-7-15(4-5-19(17,18)8-9)12(16)11-3-2-10(13)6-14-11/h2-3,6,9H,4-5,7-8H2,1H3. The van der Waals surface area contributed by atoms with Crippen LogP contribution in [0.15, 0.2) is 18.3 Å². The smallest absolute Gasteiger partial charge is 0.272 e. The summed E-state index contributed by atoms with van der Waals surface area (Å²) in [4.78, 5) is 17.8. The van der Waals surface area contributed by atoms with Gasteiger partial charge in [-0.05, 0) is 18.1 Å². The van der Waals surface area contributed by atoms with Gasteiger partial charge >= 0.3 is 0 Å². The van der Waals surface area contributed by atoms with Gasteiger partial charge < -0.3 is 4.90 Å². The van der Waals surface area contributed by atoms with Crippen LogP contribution in [-0.2, 0) is 9.84 Å². The summed E-state index contributed by atoms with van der Waals surface area (Å²) in [5.41, 5.74) is 0.288. The van der Waals surface area contributed by atoms with Crippen LogP contribution in [0, 0.1) is 5.92 Å². The van der Waals surface area contributed by atoms with Crippen molar-refractivity contribution in [3.8, 4) is 0 Å². The van der Waals surface area contributed by atoms with Crippen LogP contribution in [0.5, 0.6) is 0 Å². The zero-order valence-corrected chi connectivity index (χ0v) is 12.1. The van der Waals surface area contributed by atoms with E-state index >= 15 is 0 Å². The maximum Gasteiger partial charge on any atom is 0.272 e. The van der Waals surface area contributed by atoms with E-state index in [-0.39, 0.29) is 35.6 Å². The second-order valence-electron chi connectivity index (χ2n) is 4.83. The fraction of sp³-hybridized carbons (Fsp3) is 0.500. The maximum absolute atomic E-state index is 12.2. The molecular formula is C12H15ClN2O3S. The van der Waals surface area contributed by atoms with E-state index in [0.717, 1.165) is 0 Å². The lowest BCUT2D eigenvalue weighted by Crippen LogP contribution is -2.35. The molecule has 5 nitrogen and oxygen atoms in total. The highest BCUT2D eigenvalue weighted by Crippen LogP contribution is 2.14. The molecule has 0 bridgehead atoms. The molecule has 1 aliphatic heterocycles. The summed E-state index contributed by atoms with van der Waals surface area (Å²) in [5, 5.41) is 0.461. The Bertz CT molecular complexity index is 571. The van der Waals surface area contributed by atoms with E-state index in [4.69, 9.17) is 11.6 Å². The molecule has 1 amide bonds. The van der Waals surface area contributed by atoms with Gasteiger partial charge in [-0.25, -0.2) is 13.4 Å². The Balaban J connectivity index is 2.17. The minimum atomic E-state index is -3.06. The molecule has 7 heteroatoms. The van der Waals surface area contributed by atoms with Gasteiger partial charge in [0.1, 0.15) is 5.69 Å². The third-order valence-electron chi connectivity index (χ3n) is 2.98. The Labute approximate surface area is 117 Å². The van der Waals surface area contributed by atoms with Crippen molar-refractivity contribution in [2.75, 3.05) is 24.6 Å². The zero-order chi connectivity index (χ0) is 14.0. The third kappa shape index (κ3) is 3.67. The molecule has 104 valence electrons. The molecule has 0 aromatic carbocycles. The van der Waals surface area contributed by atoms with Gasteiger partial charge in [0, 0.05) is 19.3 Å². The number of sulfone groups is 1. The molecular weight excluding hydrogens is 288 g/mol. The van der Waals surface area contributed by atoms with Crippen molar-refractivity contribution in [3.05, 3.63) is 29.0 Å². The van der Waals surface area contributed by atoms with E-state index in [0.29, 0.717) is 11.6 Å². The molecule has 0 radical (unpaired) electrons. The van der Waals surface area contributed by atoms with E-state index in [1.807, 2.05) is 6.92 Å². The van der Waals surface area contributed by atoms with Crippen molar-refractivity contribution in [2.24, 2.45) is 5.92 Å². The number of carbonyl (C=O) groups excluding carboxylic acids is 1. The topological polar surface area (TPSA) is 67.3 Å². The van der Waals surface area contributed by atoms with Crippen molar-refractivity contribution in [1.82, 2.24) is 9.88 Å². The molecule has 1 saturated heterocycles. The van der Waals surface area contributed by atoms with Crippen LogP contribution in [-0.4, -0.2) is 48.8 Å². The molecule has 2 rings (SSSR count). The molecule has 0 spiro atoms. The summed E-state index contributed by atoms with van der Waals surface area (Å²) < 4.78 is 23.3. The lowest BCUT2D eigenvalue weighted by Gasteiger charge is -2.21. The van der Waals surface area contributed by atoms with Crippen molar-refractivity contribution in [2.45, 2.75) is 6.92 Å². The molecule has 2 heterocycles. The summed E-state index contributed by atoms with van der Waals surface area (Å²) >= 11 is 5.72. The Morgan fingerprint density at radius 2 is 2.21 bits per heavy atom. The molecule has 1 aromatic heterocycles. The number of pyridine rings is 1. The van der Waals surface area contributed by atoms with Gasteiger partial charge in [0.25, 0.3) is 5.91 Å². The quantitative estimate of drug-likeness (QED) is 0.783. The van der Waals surface area contributed by atoms with E-state index in [9.17, 15) is 13.2 Å². The number of nitrogens with zero attached hydrogens (tertiary/aromatic N) is 2. The highest BCUT2D eigenvalue weighted by Gasteiger charge is 2.27. The van der Waals surface area contributed by atoms with Crippen LogP contribution in [0.1, 0.15) is 17.4 Å². The van der Waals surface area contributed by atoms with Gasteiger partial charge in [0.05, 0.1) is 16.5 Å². The highest BCUT2D eigenvalue weighted by molar-refractivity contribution is 7.91.